The van der Waals surface area contributed by atoms with E-state index < -0.39 is 11.9 Å². The molecule has 1 aromatic heterocycles. The van der Waals surface area contributed by atoms with Gasteiger partial charge in [-0.25, -0.2) is 9.78 Å². The van der Waals surface area contributed by atoms with E-state index in [2.05, 4.69) is 15.3 Å². The minimum absolute atomic E-state index is 0.178. The van der Waals surface area contributed by atoms with Gasteiger partial charge in [0.05, 0.1) is 5.92 Å². The van der Waals surface area contributed by atoms with Gasteiger partial charge in [0.1, 0.15) is 5.82 Å². The van der Waals surface area contributed by atoms with E-state index in [4.69, 9.17) is 5.11 Å². The van der Waals surface area contributed by atoms with Gasteiger partial charge in [0.2, 0.25) is 0 Å². The number of rotatable bonds is 5. The third-order valence-corrected chi connectivity index (χ3v) is 3.25. The summed E-state index contributed by atoms with van der Waals surface area (Å²) in [6.45, 7) is 1.38. The highest BCUT2D eigenvalue weighted by Gasteiger charge is 2.30. The molecule has 1 aliphatic heterocycles. The molecule has 1 unspecified atom stereocenters. The van der Waals surface area contributed by atoms with E-state index in [9.17, 15) is 9.59 Å². The van der Waals surface area contributed by atoms with Crippen LogP contribution in [0.2, 0.25) is 0 Å². The molecular formula is C12H18N4O3. The lowest BCUT2D eigenvalue weighted by Crippen LogP contribution is -2.39. The molecule has 1 fully saturated rings. The monoisotopic (exact) mass is 266 g/mol. The van der Waals surface area contributed by atoms with E-state index in [1.54, 1.807) is 17.3 Å². The van der Waals surface area contributed by atoms with Crippen LogP contribution in [-0.4, -0.2) is 51.6 Å². The van der Waals surface area contributed by atoms with Crippen molar-refractivity contribution in [3.8, 4) is 0 Å². The number of aliphatic carboxylic acids is 1. The van der Waals surface area contributed by atoms with E-state index in [1.165, 1.54) is 0 Å². The molecule has 1 saturated heterocycles. The largest absolute Gasteiger partial charge is 0.481 e. The first-order valence-electron chi connectivity index (χ1n) is 6.40. The zero-order valence-corrected chi connectivity index (χ0v) is 10.6. The van der Waals surface area contributed by atoms with Crippen molar-refractivity contribution in [2.75, 3.05) is 19.6 Å². The number of likely N-dealkylation sites (tertiary alicyclic amines) is 1. The normalized spacial score (nSPS) is 18.5. The third kappa shape index (κ3) is 3.70. The number of aromatic nitrogens is 2. The average molecular weight is 266 g/mol. The first-order valence-corrected chi connectivity index (χ1v) is 6.40. The van der Waals surface area contributed by atoms with Gasteiger partial charge in [-0.1, -0.05) is 0 Å². The van der Waals surface area contributed by atoms with Gasteiger partial charge in [-0.05, 0) is 12.8 Å². The van der Waals surface area contributed by atoms with Crippen LogP contribution in [0.25, 0.3) is 0 Å². The molecule has 2 amide bonds. The fourth-order valence-electron chi connectivity index (χ4n) is 2.14. The van der Waals surface area contributed by atoms with Crippen molar-refractivity contribution in [3.05, 3.63) is 18.2 Å². The fraction of sp³-hybridized carbons (Fsp3) is 0.583. The van der Waals surface area contributed by atoms with Crippen molar-refractivity contribution in [1.82, 2.24) is 20.2 Å². The number of hydrogen-bond donors (Lipinski definition) is 3. The van der Waals surface area contributed by atoms with Crippen molar-refractivity contribution in [2.24, 2.45) is 5.92 Å². The molecule has 2 heterocycles. The topological polar surface area (TPSA) is 98.3 Å². The lowest BCUT2D eigenvalue weighted by molar-refractivity contribution is -0.141. The number of carboxylic acid groups (broad SMARTS) is 1. The predicted octanol–water partition coefficient (Wildman–Crippen LogP) is 0.458. The van der Waals surface area contributed by atoms with Crippen molar-refractivity contribution in [3.63, 3.8) is 0 Å². The van der Waals surface area contributed by atoms with Gasteiger partial charge in [0, 0.05) is 38.4 Å². The maximum Gasteiger partial charge on any atom is 0.317 e. The van der Waals surface area contributed by atoms with Gasteiger partial charge in [0.25, 0.3) is 0 Å². The second-order valence-corrected chi connectivity index (χ2v) is 4.64. The van der Waals surface area contributed by atoms with Crippen LogP contribution in [-0.2, 0) is 11.2 Å². The van der Waals surface area contributed by atoms with Gasteiger partial charge in [0.15, 0.2) is 0 Å². The SMILES string of the molecule is O=C(O)C1CCN(C(=O)NCCCc2ncc[nH]2)C1. The highest BCUT2D eigenvalue weighted by Crippen LogP contribution is 2.15. The maximum atomic E-state index is 11.8. The average Bonchev–Trinajstić information content (AvgIpc) is 3.05. The number of hydrogen-bond acceptors (Lipinski definition) is 3. The molecule has 0 bridgehead atoms. The Morgan fingerprint density at radius 1 is 1.58 bits per heavy atom. The standard InChI is InChI=1S/C12H18N4O3/c17-11(18)9-3-7-16(8-9)12(19)15-4-1-2-10-13-5-6-14-10/h5-6,9H,1-4,7-8H2,(H,13,14)(H,15,19)(H,17,18). The van der Waals surface area contributed by atoms with Gasteiger partial charge < -0.3 is 20.3 Å². The Bertz CT molecular complexity index is 432. The highest BCUT2D eigenvalue weighted by molar-refractivity contribution is 5.77. The molecule has 3 N–H and O–H groups in total. The van der Waals surface area contributed by atoms with Crippen LogP contribution >= 0.6 is 0 Å². The second-order valence-electron chi connectivity index (χ2n) is 4.64. The Balaban J connectivity index is 1.63. The van der Waals surface area contributed by atoms with Crippen molar-refractivity contribution in [2.45, 2.75) is 19.3 Å². The highest BCUT2D eigenvalue weighted by atomic mass is 16.4. The van der Waals surface area contributed by atoms with Crippen LogP contribution in [0.5, 0.6) is 0 Å². The van der Waals surface area contributed by atoms with Crippen LogP contribution in [0.15, 0.2) is 12.4 Å². The molecule has 0 saturated carbocycles. The quantitative estimate of drug-likeness (QED) is 0.674. The molecule has 0 aromatic carbocycles. The van der Waals surface area contributed by atoms with Gasteiger partial charge in [-0.2, -0.15) is 0 Å². The molecule has 1 aliphatic rings. The van der Waals surface area contributed by atoms with Gasteiger partial charge >= 0.3 is 12.0 Å². The van der Waals surface area contributed by atoms with Crippen LogP contribution in [0, 0.1) is 5.92 Å². The number of aryl methyl sites for hydroxylation is 1. The summed E-state index contributed by atoms with van der Waals surface area (Å²) >= 11 is 0. The van der Waals surface area contributed by atoms with E-state index in [-0.39, 0.29) is 6.03 Å². The summed E-state index contributed by atoms with van der Waals surface area (Å²) in [6, 6.07) is -0.178. The molecule has 0 spiro atoms. The number of carboxylic acids is 1. The number of H-pyrrole nitrogens is 1. The molecule has 1 atom stereocenters. The minimum atomic E-state index is -0.826. The van der Waals surface area contributed by atoms with E-state index in [0.29, 0.717) is 26.1 Å². The number of amides is 2. The summed E-state index contributed by atoms with van der Waals surface area (Å²) in [5, 5.41) is 11.7. The number of nitrogens with one attached hydrogen (secondary N) is 2. The molecule has 7 nitrogen and oxygen atoms in total. The number of imidazole rings is 1. The smallest absolute Gasteiger partial charge is 0.317 e. The summed E-state index contributed by atoms with van der Waals surface area (Å²) in [5.74, 6) is -0.344. The molecule has 19 heavy (non-hydrogen) atoms. The van der Waals surface area contributed by atoms with Gasteiger partial charge in [-0.3, -0.25) is 4.79 Å². The molecule has 104 valence electrons. The minimum Gasteiger partial charge on any atom is -0.481 e. The number of nitrogens with zero attached hydrogens (tertiary/aromatic N) is 2. The van der Waals surface area contributed by atoms with E-state index >= 15 is 0 Å². The first-order chi connectivity index (χ1) is 9.16. The van der Waals surface area contributed by atoms with Crippen LogP contribution in [0.4, 0.5) is 4.79 Å². The van der Waals surface area contributed by atoms with Crippen molar-refractivity contribution in [1.29, 1.82) is 0 Å². The Morgan fingerprint density at radius 2 is 2.42 bits per heavy atom. The fourth-order valence-corrected chi connectivity index (χ4v) is 2.14. The first kappa shape index (κ1) is 13.4. The molecular weight excluding hydrogens is 248 g/mol. The van der Waals surface area contributed by atoms with E-state index in [0.717, 1.165) is 18.7 Å². The van der Waals surface area contributed by atoms with Crippen LogP contribution in [0.3, 0.4) is 0 Å². The Labute approximate surface area is 111 Å². The summed E-state index contributed by atoms with van der Waals surface area (Å²) in [4.78, 5) is 31.2. The number of carbonyl (C=O) groups excluding carboxylic acids is 1. The zero-order valence-electron chi connectivity index (χ0n) is 10.6. The maximum absolute atomic E-state index is 11.8. The van der Waals surface area contributed by atoms with Gasteiger partial charge in [-0.15, -0.1) is 0 Å². The zero-order chi connectivity index (χ0) is 13.7. The Morgan fingerprint density at radius 3 is 3.05 bits per heavy atom. The van der Waals surface area contributed by atoms with Crippen molar-refractivity contribution >= 4 is 12.0 Å². The Hall–Kier alpha value is -2.05. The van der Waals surface area contributed by atoms with Crippen molar-refractivity contribution < 1.29 is 14.7 Å². The summed E-state index contributed by atoms with van der Waals surface area (Å²) < 4.78 is 0. The van der Waals surface area contributed by atoms with Crippen LogP contribution in [0.1, 0.15) is 18.7 Å². The molecule has 7 heteroatoms. The van der Waals surface area contributed by atoms with Crippen LogP contribution < -0.4 is 5.32 Å². The lowest BCUT2D eigenvalue weighted by Gasteiger charge is -2.16. The number of urea groups is 1. The second kappa shape index (κ2) is 6.21. The Kier molecular flexibility index (Phi) is 4.38. The predicted molar refractivity (Wildman–Crippen MR) is 67.6 cm³/mol. The molecule has 2 rings (SSSR count). The molecule has 1 aromatic rings. The summed E-state index contributed by atoms with van der Waals surface area (Å²) in [5.41, 5.74) is 0. The van der Waals surface area contributed by atoms with E-state index in [1.807, 2.05) is 0 Å². The molecule has 0 aliphatic carbocycles. The summed E-state index contributed by atoms with van der Waals surface area (Å²) in [7, 11) is 0. The number of aromatic amines is 1. The molecule has 0 radical (unpaired) electrons. The summed E-state index contributed by atoms with van der Waals surface area (Å²) in [6.07, 6.45) is 5.59. The third-order valence-electron chi connectivity index (χ3n) is 3.25. The lowest BCUT2D eigenvalue weighted by atomic mass is 10.1. The number of carbonyl (C=O) groups is 2.